The minimum atomic E-state index is -0.527. The van der Waals surface area contributed by atoms with Crippen molar-refractivity contribution in [3.8, 4) is 28.4 Å². The topological polar surface area (TPSA) is 101 Å². The Hall–Kier alpha value is -3.81. The first-order valence-electron chi connectivity index (χ1n) is 11.1. The SMILES string of the molecule is CCc1cc2c(=O)c(-c3cc4c(cc3C)OCCO4)c(C)oc2c(COC(C)=O)c1OC(C)=O. The number of esters is 2. The number of rotatable bonds is 5. The van der Waals surface area contributed by atoms with Gasteiger partial charge in [-0.25, -0.2) is 0 Å². The predicted octanol–water partition coefficient (Wildman–Crippen LogP) is 4.40. The zero-order chi connectivity index (χ0) is 24.6. The monoisotopic (exact) mass is 466 g/mol. The number of fused-ring (bicyclic) bond motifs is 2. The second-order valence-electron chi connectivity index (χ2n) is 8.12. The number of carbonyl (C=O) groups is 2. The van der Waals surface area contributed by atoms with Crippen molar-refractivity contribution in [2.24, 2.45) is 0 Å². The Bertz CT molecular complexity index is 1370. The molecular formula is C26H26O8. The van der Waals surface area contributed by atoms with Crippen LogP contribution >= 0.6 is 0 Å². The van der Waals surface area contributed by atoms with Crippen LogP contribution < -0.4 is 19.6 Å². The summed E-state index contributed by atoms with van der Waals surface area (Å²) in [7, 11) is 0. The molecular weight excluding hydrogens is 440 g/mol. The number of hydrogen-bond acceptors (Lipinski definition) is 8. The van der Waals surface area contributed by atoms with Crippen LogP contribution in [0.25, 0.3) is 22.1 Å². The van der Waals surface area contributed by atoms with Crippen molar-refractivity contribution in [2.75, 3.05) is 13.2 Å². The number of benzene rings is 2. The van der Waals surface area contributed by atoms with E-state index in [1.54, 1.807) is 19.1 Å². The molecule has 0 bridgehead atoms. The van der Waals surface area contributed by atoms with Crippen LogP contribution in [0.4, 0.5) is 0 Å². The maximum atomic E-state index is 13.8. The Balaban J connectivity index is 2.01. The lowest BCUT2D eigenvalue weighted by atomic mass is 9.95. The third kappa shape index (κ3) is 4.23. The molecule has 2 heterocycles. The van der Waals surface area contributed by atoms with E-state index in [9.17, 15) is 14.4 Å². The molecule has 178 valence electrons. The van der Waals surface area contributed by atoms with Crippen LogP contribution in [0, 0.1) is 13.8 Å². The second-order valence-corrected chi connectivity index (χ2v) is 8.12. The molecule has 1 aromatic heterocycles. The quantitative estimate of drug-likeness (QED) is 0.403. The summed E-state index contributed by atoms with van der Waals surface area (Å²) in [5.74, 6) is 0.792. The summed E-state index contributed by atoms with van der Waals surface area (Å²) >= 11 is 0. The highest BCUT2D eigenvalue weighted by atomic mass is 16.6. The second kappa shape index (κ2) is 9.21. The van der Waals surface area contributed by atoms with Gasteiger partial charge in [0.15, 0.2) is 11.5 Å². The van der Waals surface area contributed by atoms with E-state index in [4.69, 9.17) is 23.4 Å². The van der Waals surface area contributed by atoms with Crippen LogP contribution in [-0.4, -0.2) is 25.2 Å². The van der Waals surface area contributed by atoms with Gasteiger partial charge in [0, 0.05) is 13.8 Å². The molecule has 0 amide bonds. The van der Waals surface area contributed by atoms with Crippen LogP contribution in [0.5, 0.6) is 17.2 Å². The molecule has 0 saturated carbocycles. The molecule has 4 rings (SSSR count). The molecule has 0 atom stereocenters. The fourth-order valence-electron chi connectivity index (χ4n) is 4.16. The van der Waals surface area contributed by atoms with Gasteiger partial charge in [0.05, 0.1) is 16.5 Å². The lowest BCUT2D eigenvalue weighted by Crippen LogP contribution is -2.16. The number of hydrogen-bond donors (Lipinski definition) is 0. The van der Waals surface area contributed by atoms with Gasteiger partial charge in [-0.2, -0.15) is 0 Å². The lowest BCUT2D eigenvalue weighted by molar-refractivity contribution is -0.142. The van der Waals surface area contributed by atoms with Gasteiger partial charge < -0.3 is 23.4 Å². The summed E-state index contributed by atoms with van der Waals surface area (Å²) in [4.78, 5) is 37.1. The Kier molecular flexibility index (Phi) is 6.32. The van der Waals surface area contributed by atoms with Gasteiger partial charge >= 0.3 is 11.9 Å². The Morgan fingerprint density at radius 1 is 1.00 bits per heavy atom. The van der Waals surface area contributed by atoms with E-state index < -0.39 is 11.9 Å². The minimum absolute atomic E-state index is 0.201. The third-order valence-corrected chi connectivity index (χ3v) is 5.69. The average Bonchev–Trinajstić information content (AvgIpc) is 2.78. The van der Waals surface area contributed by atoms with Gasteiger partial charge in [0.25, 0.3) is 0 Å². The number of carbonyl (C=O) groups excluding carboxylic acids is 2. The van der Waals surface area contributed by atoms with Gasteiger partial charge in [-0.15, -0.1) is 0 Å². The Morgan fingerprint density at radius 3 is 2.29 bits per heavy atom. The van der Waals surface area contributed by atoms with Gasteiger partial charge in [-0.3, -0.25) is 14.4 Å². The van der Waals surface area contributed by atoms with Crippen LogP contribution in [0.1, 0.15) is 43.2 Å². The minimum Gasteiger partial charge on any atom is -0.486 e. The summed E-state index contributed by atoms with van der Waals surface area (Å²) in [6, 6.07) is 5.32. The lowest BCUT2D eigenvalue weighted by Gasteiger charge is -2.21. The van der Waals surface area contributed by atoms with Gasteiger partial charge in [0.1, 0.15) is 36.9 Å². The van der Waals surface area contributed by atoms with Gasteiger partial charge in [0.2, 0.25) is 5.43 Å². The van der Waals surface area contributed by atoms with E-state index in [1.165, 1.54) is 13.8 Å². The van der Waals surface area contributed by atoms with Crippen molar-refractivity contribution >= 4 is 22.9 Å². The zero-order valence-corrected chi connectivity index (χ0v) is 19.8. The fourth-order valence-corrected chi connectivity index (χ4v) is 4.16. The van der Waals surface area contributed by atoms with E-state index in [-0.39, 0.29) is 23.4 Å². The van der Waals surface area contributed by atoms with Crippen LogP contribution in [-0.2, 0) is 27.4 Å². The highest BCUT2D eigenvalue weighted by Gasteiger charge is 2.25. The molecule has 8 heteroatoms. The maximum absolute atomic E-state index is 13.8. The molecule has 8 nitrogen and oxygen atoms in total. The molecule has 0 aliphatic carbocycles. The predicted molar refractivity (Wildman–Crippen MR) is 125 cm³/mol. The van der Waals surface area contributed by atoms with Crippen LogP contribution in [0.15, 0.2) is 27.4 Å². The molecule has 0 spiro atoms. The standard InChI is InChI=1S/C26H26O8/c1-6-17-10-19-24(29)23(18-11-22-21(9-13(18)2)30-7-8-31-22)14(3)33-26(19)20(12-32-15(4)27)25(17)34-16(5)28/h9-11H,6-8,12H2,1-5H3. The molecule has 2 aromatic carbocycles. The maximum Gasteiger partial charge on any atom is 0.308 e. The number of aryl methyl sites for hydroxylation is 3. The van der Waals surface area contributed by atoms with Crippen LogP contribution in [0.2, 0.25) is 0 Å². The first-order chi connectivity index (χ1) is 16.2. The smallest absolute Gasteiger partial charge is 0.308 e. The molecule has 1 aliphatic rings. The first kappa shape index (κ1) is 23.4. The molecule has 0 saturated heterocycles. The summed E-state index contributed by atoms with van der Waals surface area (Å²) in [6.45, 7) is 8.73. The highest BCUT2D eigenvalue weighted by molar-refractivity contribution is 5.89. The van der Waals surface area contributed by atoms with E-state index in [2.05, 4.69) is 0 Å². The van der Waals surface area contributed by atoms with Gasteiger partial charge in [-0.05, 0) is 55.2 Å². The molecule has 3 aromatic rings. The van der Waals surface area contributed by atoms with Crippen molar-refractivity contribution in [1.82, 2.24) is 0 Å². The normalized spacial score (nSPS) is 12.5. The fraction of sp³-hybridized carbons (Fsp3) is 0.346. The number of ether oxygens (including phenoxy) is 4. The first-order valence-corrected chi connectivity index (χ1v) is 11.1. The summed E-state index contributed by atoms with van der Waals surface area (Å²) in [6.07, 6.45) is 0.483. The van der Waals surface area contributed by atoms with E-state index >= 15 is 0 Å². The van der Waals surface area contributed by atoms with Crippen molar-refractivity contribution in [3.63, 3.8) is 0 Å². The molecule has 0 fully saturated rings. The highest BCUT2D eigenvalue weighted by Crippen LogP contribution is 2.39. The molecule has 1 aliphatic heterocycles. The molecule has 0 N–H and O–H groups in total. The van der Waals surface area contributed by atoms with Crippen molar-refractivity contribution in [3.05, 3.63) is 50.9 Å². The molecule has 0 radical (unpaired) electrons. The molecule has 34 heavy (non-hydrogen) atoms. The largest absolute Gasteiger partial charge is 0.486 e. The van der Waals surface area contributed by atoms with Crippen molar-refractivity contribution in [1.29, 1.82) is 0 Å². The molecule has 0 unspecified atom stereocenters. The van der Waals surface area contributed by atoms with Crippen molar-refractivity contribution in [2.45, 2.75) is 47.6 Å². The summed E-state index contributed by atoms with van der Waals surface area (Å²) < 4.78 is 28.2. The third-order valence-electron chi connectivity index (χ3n) is 5.69. The van der Waals surface area contributed by atoms with Gasteiger partial charge in [-0.1, -0.05) is 6.92 Å². The van der Waals surface area contributed by atoms with E-state index in [1.807, 2.05) is 19.9 Å². The van der Waals surface area contributed by atoms with Crippen LogP contribution in [0.3, 0.4) is 0 Å². The summed E-state index contributed by atoms with van der Waals surface area (Å²) in [5.41, 5.74) is 2.87. The Morgan fingerprint density at radius 2 is 1.68 bits per heavy atom. The zero-order valence-electron chi connectivity index (χ0n) is 19.8. The van der Waals surface area contributed by atoms with E-state index in [0.717, 1.165) is 5.56 Å². The summed E-state index contributed by atoms with van der Waals surface area (Å²) in [5, 5.41) is 0.310. The van der Waals surface area contributed by atoms with Crippen molar-refractivity contribution < 1.29 is 33.0 Å². The average molecular weight is 466 g/mol. The Labute approximate surface area is 196 Å². The van der Waals surface area contributed by atoms with E-state index in [0.29, 0.717) is 64.5 Å².